The Labute approximate surface area is 124 Å². The Morgan fingerprint density at radius 1 is 1.44 bits per heavy atom. The molecule has 1 saturated heterocycles. The van der Waals surface area contributed by atoms with Crippen molar-refractivity contribution >= 4 is 35.4 Å². The third-order valence-corrected chi connectivity index (χ3v) is 2.64. The van der Waals surface area contributed by atoms with E-state index in [1.165, 1.54) is 12.3 Å². The molecule has 1 aromatic heterocycles. The van der Waals surface area contributed by atoms with Crippen molar-refractivity contribution in [2.75, 3.05) is 12.3 Å². The topological polar surface area (TPSA) is 131 Å². The van der Waals surface area contributed by atoms with E-state index < -0.39 is 36.8 Å². The number of nitrogens with zero attached hydrogens (tertiary/aromatic N) is 2. The third-order valence-electron chi connectivity index (χ3n) is 2.64. The van der Waals surface area contributed by atoms with Crippen LogP contribution in [0.15, 0.2) is 17.1 Å². The van der Waals surface area contributed by atoms with Crippen molar-refractivity contribution in [1.29, 1.82) is 0 Å². The van der Waals surface area contributed by atoms with Gasteiger partial charge in [-0.15, -0.1) is 0 Å². The zero-order valence-corrected chi connectivity index (χ0v) is 8.80. The summed E-state index contributed by atoms with van der Waals surface area (Å²) in [7, 11) is 0. The SMILES string of the molecule is Nc1ccn([C@@H]2O[C@H](CO)[C@@H](O)[C@@H]2O)c(=O)n1.[NaH]. The summed E-state index contributed by atoms with van der Waals surface area (Å²) in [6.07, 6.45) is -3.27. The van der Waals surface area contributed by atoms with E-state index in [9.17, 15) is 15.0 Å². The van der Waals surface area contributed by atoms with Gasteiger partial charge in [-0.25, -0.2) is 4.79 Å². The Bertz CT molecular complexity index is 468. The molecule has 1 aromatic rings. The average Bonchev–Trinajstić information content (AvgIpc) is 2.57. The first-order valence-corrected chi connectivity index (χ1v) is 5.01. The standard InChI is InChI=1S/C9H13N3O5.Na.H/c10-5-1-2-12(9(16)11-5)8-7(15)6(14)4(3-13)17-8;;/h1-2,4,6-8,13-15H,3H2,(H2,10,11,16);;/t4-,6-,7+,8-;;/m1../s1. The van der Waals surface area contributed by atoms with Crippen molar-refractivity contribution in [3.05, 3.63) is 22.7 Å². The van der Waals surface area contributed by atoms with E-state index >= 15 is 0 Å². The van der Waals surface area contributed by atoms with Gasteiger partial charge in [-0.1, -0.05) is 0 Å². The fourth-order valence-corrected chi connectivity index (χ4v) is 1.73. The van der Waals surface area contributed by atoms with Gasteiger partial charge in [-0.2, -0.15) is 4.98 Å². The van der Waals surface area contributed by atoms with Crippen LogP contribution in [0.5, 0.6) is 0 Å². The van der Waals surface area contributed by atoms with Gasteiger partial charge in [-0.3, -0.25) is 4.57 Å². The van der Waals surface area contributed by atoms with E-state index in [1.54, 1.807) is 0 Å². The molecule has 0 spiro atoms. The summed E-state index contributed by atoms with van der Waals surface area (Å²) in [4.78, 5) is 15.0. The van der Waals surface area contributed by atoms with Crippen LogP contribution in [0.2, 0.25) is 0 Å². The minimum absolute atomic E-state index is 0. The van der Waals surface area contributed by atoms with Crippen LogP contribution in [0, 0.1) is 0 Å². The van der Waals surface area contributed by atoms with Gasteiger partial charge >= 0.3 is 35.2 Å². The number of rotatable bonds is 2. The number of hydrogen-bond acceptors (Lipinski definition) is 7. The number of aromatic nitrogens is 2. The van der Waals surface area contributed by atoms with Crippen LogP contribution in [0.1, 0.15) is 6.23 Å². The molecule has 0 aliphatic carbocycles. The molecule has 0 amide bonds. The maximum absolute atomic E-state index is 11.5. The van der Waals surface area contributed by atoms with Crippen molar-refractivity contribution in [2.45, 2.75) is 24.5 Å². The van der Waals surface area contributed by atoms with Gasteiger partial charge in [-0.05, 0) is 6.07 Å². The van der Waals surface area contributed by atoms with Gasteiger partial charge in [0.15, 0.2) is 6.23 Å². The summed E-state index contributed by atoms with van der Waals surface area (Å²) in [6.45, 7) is -0.453. The Balaban J connectivity index is 0.00000162. The predicted molar refractivity (Wildman–Crippen MR) is 63.1 cm³/mol. The molecular formula is C9H14N3NaO5. The van der Waals surface area contributed by atoms with Gasteiger partial charge in [0.1, 0.15) is 24.1 Å². The number of nitrogen functional groups attached to an aromatic ring is 1. The number of aliphatic hydroxyl groups is 3. The molecule has 2 rings (SSSR count). The summed E-state index contributed by atoms with van der Waals surface area (Å²) in [5.74, 6) is 0.0537. The number of hydrogen-bond donors (Lipinski definition) is 4. The van der Waals surface area contributed by atoms with Gasteiger partial charge in [0.05, 0.1) is 6.61 Å². The second-order valence-corrected chi connectivity index (χ2v) is 3.77. The summed E-state index contributed by atoms with van der Waals surface area (Å²) < 4.78 is 6.19. The van der Waals surface area contributed by atoms with Crippen LogP contribution in [0.25, 0.3) is 0 Å². The zero-order chi connectivity index (χ0) is 12.6. The summed E-state index contributed by atoms with van der Waals surface area (Å²) in [6, 6.07) is 1.37. The molecule has 0 radical (unpaired) electrons. The van der Waals surface area contributed by atoms with Crippen molar-refractivity contribution in [2.24, 2.45) is 0 Å². The third kappa shape index (κ3) is 2.75. The van der Waals surface area contributed by atoms with Crippen LogP contribution in [0.3, 0.4) is 0 Å². The van der Waals surface area contributed by atoms with Crippen LogP contribution in [-0.2, 0) is 4.74 Å². The van der Waals surface area contributed by atoms with Crippen LogP contribution in [0.4, 0.5) is 5.82 Å². The molecule has 9 heteroatoms. The fourth-order valence-electron chi connectivity index (χ4n) is 1.73. The number of ether oxygens (including phenoxy) is 1. The molecule has 18 heavy (non-hydrogen) atoms. The van der Waals surface area contributed by atoms with Gasteiger partial charge < -0.3 is 25.8 Å². The van der Waals surface area contributed by atoms with Crippen molar-refractivity contribution in [3.63, 3.8) is 0 Å². The van der Waals surface area contributed by atoms with E-state index in [4.69, 9.17) is 15.6 Å². The summed E-state index contributed by atoms with van der Waals surface area (Å²) in [5, 5.41) is 28.2. The quantitative estimate of drug-likeness (QED) is 0.415. The number of aliphatic hydroxyl groups excluding tert-OH is 3. The Hall–Kier alpha value is -0.480. The molecule has 1 aliphatic heterocycles. The number of anilines is 1. The van der Waals surface area contributed by atoms with E-state index in [-0.39, 0.29) is 35.4 Å². The first-order valence-electron chi connectivity index (χ1n) is 5.01. The Kier molecular flexibility index (Phi) is 5.29. The first kappa shape index (κ1) is 15.6. The molecule has 5 N–H and O–H groups in total. The summed E-state index contributed by atoms with van der Waals surface area (Å²) in [5.41, 5.74) is 4.63. The molecule has 96 valence electrons. The van der Waals surface area contributed by atoms with Gasteiger partial charge in [0.2, 0.25) is 0 Å². The molecule has 1 fully saturated rings. The molecule has 0 unspecified atom stereocenters. The Morgan fingerprint density at radius 3 is 2.61 bits per heavy atom. The first-order chi connectivity index (χ1) is 8.04. The van der Waals surface area contributed by atoms with Crippen LogP contribution < -0.4 is 11.4 Å². The van der Waals surface area contributed by atoms with E-state index in [0.29, 0.717) is 0 Å². The Morgan fingerprint density at radius 2 is 2.11 bits per heavy atom. The molecule has 4 atom stereocenters. The molecule has 0 aromatic carbocycles. The van der Waals surface area contributed by atoms with Crippen LogP contribution in [-0.4, -0.2) is 79.3 Å². The fraction of sp³-hybridized carbons (Fsp3) is 0.556. The van der Waals surface area contributed by atoms with Crippen LogP contribution >= 0.6 is 0 Å². The molecule has 8 nitrogen and oxygen atoms in total. The number of nitrogens with two attached hydrogens (primary N) is 1. The average molecular weight is 267 g/mol. The zero-order valence-electron chi connectivity index (χ0n) is 8.80. The van der Waals surface area contributed by atoms with Crippen molar-refractivity contribution in [3.8, 4) is 0 Å². The van der Waals surface area contributed by atoms with Crippen molar-refractivity contribution < 1.29 is 20.1 Å². The second kappa shape index (κ2) is 6.11. The van der Waals surface area contributed by atoms with E-state index in [1.807, 2.05) is 0 Å². The van der Waals surface area contributed by atoms with E-state index in [2.05, 4.69) is 4.98 Å². The molecular weight excluding hydrogens is 253 g/mol. The maximum atomic E-state index is 11.5. The van der Waals surface area contributed by atoms with Gasteiger partial charge in [0, 0.05) is 6.20 Å². The molecule has 1 aliphatic rings. The van der Waals surface area contributed by atoms with E-state index in [0.717, 1.165) is 4.57 Å². The molecule has 0 bridgehead atoms. The van der Waals surface area contributed by atoms with Gasteiger partial charge in [0.25, 0.3) is 0 Å². The minimum atomic E-state index is -1.31. The normalized spacial score (nSPS) is 31.1. The molecule has 0 saturated carbocycles. The summed E-state index contributed by atoms with van der Waals surface area (Å²) >= 11 is 0. The second-order valence-electron chi connectivity index (χ2n) is 3.77. The predicted octanol–water partition coefficient (Wildman–Crippen LogP) is -3.21. The van der Waals surface area contributed by atoms with Crippen molar-refractivity contribution in [1.82, 2.24) is 9.55 Å². The monoisotopic (exact) mass is 267 g/mol. The molecule has 2 heterocycles.